The van der Waals surface area contributed by atoms with Crippen molar-refractivity contribution >= 4 is 5.91 Å². The SMILES string of the molecule is CCCNC(=O)COc1c(C)cc(CN2CCOCC2)cc1C. The summed E-state index contributed by atoms with van der Waals surface area (Å²) in [6.07, 6.45) is 0.931. The fraction of sp³-hybridized carbons (Fsp3) is 0.611. The van der Waals surface area contributed by atoms with Gasteiger partial charge in [-0.15, -0.1) is 0 Å². The number of amides is 1. The molecular weight excluding hydrogens is 292 g/mol. The van der Waals surface area contributed by atoms with E-state index in [9.17, 15) is 4.79 Å². The minimum absolute atomic E-state index is 0.0666. The second-order valence-corrected chi connectivity index (χ2v) is 6.09. The van der Waals surface area contributed by atoms with Crippen LogP contribution in [0.15, 0.2) is 12.1 Å². The molecule has 1 heterocycles. The van der Waals surface area contributed by atoms with Gasteiger partial charge in [0, 0.05) is 26.2 Å². The Kier molecular flexibility index (Phi) is 6.86. The van der Waals surface area contributed by atoms with Crippen molar-refractivity contribution in [2.75, 3.05) is 39.5 Å². The van der Waals surface area contributed by atoms with E-state index in [0.717, 1.165) is 56.1 Å². The summed E-state index contributed by atoms with van der Waals surface area (Å²) in [5.41, 5.74) is 3.44. The molecule has 2 rings (SSSR count). The summed E-state index contributed by atoms with van der Waals surface area (Å²) < 4.78 is 11.1. The molecule has 1 saturated heterocycles. The van der Waals surface area contributed by atoms with E-state index in [4.69, 9.17) is 9.47 Å². The van der Waals surface area contributed by atoms with Crippen molar-refractivity contribution in [3.8, 4) is 5.75 Å². The van der Waals surface area contributed by atoms with Gasteiger partial charge < -0.3 is 14.8 Å². The Morgan fingerprint density at radius 3 is 2.52 bits per heavy atom. The predicted molar refractivity (Wildman–Crippen MR) is 90.8 cm³/mol. The monoisotopic (exact) mass is 320 g/mol. The molecule has 0 bridgehead atoms. The number of aryl methyl sites for hydroxylation is 2. The number of hydrogen-bond acceptors (Lipinski definition) is 4. The van der Waals surface area contributed by atoms with E-state index in [0.29, 0.717) is 6.54 Å². The minimum Gasteiger partial charge on any atom is -0.483 e. The van der Waals surface area contributed by atoms with Crippen LogP contribution in [0.4, 0.5) is 0 Å². The zero-order valence-electron chi connectivity index (χ0n) is 14.5. The zero-order valence-corrected chi connectivity index (χ0v) is 14.5. The highest BCUT2D eigenvalue weighted by Gasteiger charge is 2.13. The molecule has 1 N–H and O–H groups in total. The molecule has 23 heavy (non-hydrogen) atoms. The number of nitrogens with one attached hydrogen (secondary N) is 1. The van der Waals surface area contributed by atoms with Crippen LogP contribution in [-0.4, -0.2) is 50.3 Å². The summed E-state index contributed by atoms with van der Waals surface area (Å²) in [6, 6.07) is 4.31. The Hall–Kier alpha value is -1.59. The summed E-state index contributed by atoms with van der Waals surface area (Å²) in [5.74, 6) is 0.755. The third kappa shape index (κ3) is 5.52. The lowest BCUT2D eigenvalue weighted by molar-refractivity contribution is -0.123. The maximum atomic E-state index is 11.7. The molecule has 0 aromatic heterocycles. The number of carbonyl (C=O) groups excluding carboxylic acids is 1. The van der Waals surface area contributed by atoms with E-state index in [1.165, 1.54) is 5.56 Å². The summed E-state index contributed by atoms with van der Waals surface area (Å²) >= 11 is 0. The van der Waals surface area contributed by atoms with Crippen molar-refractivity contribution in [1.29, 1.82) is 0 Å². The van der Waals surface area contributed by atoms with Crippen LogP contribution in [0.3, 0.4) is 0 Å². The molecule has 1 aromatic rings. The van der Waals surface area contributed by atoms with Crippen molar-refractivity contribution < 1.29 is 14.3 Å². The molecule has 0 aliphatic carbocycles. The van der Waals surface area contributed by atoms with Crippen LogP contribution in [0.5, 0.6) is 5.75 Å². The van der Waals surface area contributed by atoms with Gasteiger partial charge in [0.15, 0.2) is 6.61 Å². The van der Waals surface area contributed by atoms with E-state index in [2.05, 4.69) is 22.3 Å². The van der Waals surface area contributed by atoms with E-state index in [1.54, 1.807) is 0 Å². The van der Waals surface area contributed by atoms with Crippen LogP contribution in [0.2, 0.25) is 0 Å². The number of benzene rings is 1. The van der Waals surface area contributed by atoms with Crippen LogP contribution in [0.25, 0.3) is 0 Å². The maximum Gasteiger partial charge on any atom is 0.257 e. The molecule has 0 unspecified atom stereocenters. The molecule has 0 atom stereocenters. The molecule has 128 valence electrons. The Bertz CT molecular complexity index is 502. The topological polar surface area (TPSA) is 50.8 Å². The van der Waals surface area contributed by atoms with Gasteiger partial charge in [0.2, 0.25) is 0 Å². The minimum atomic E-state index is -0.0666. The van der Waals surface area contributed by atoms with Crippen LogP contribution in [0.1, 0.15) is 30.0 Å². The van der Waals surface area contributed by atoms with Crippen LogP contribution in [0, 0.1) is 13.8 Å². The first-order valence-corrected chi connectivity index (χ1v) is 8.40. The van der Waals surface area contributed by atoms with Gasteiger partial charge in [-0.2, -0.15) is 0 Å². The number of ether oxygens (including phenoxy) is 2. The van der Waals surface area contributed by atoms with Crippen LogP contribution in [-0.2, 0) is 16.1 Å². The molecule has 5 nitrogen and oxygen atoms in total. The number of rotatable bonds is 7. The van der Waals surface area contributed by atoms with Gasteiger partial charge in [-0.25, -0.2) is 0 Å². The Labute approximate surface area is 139 Å². The Morgan fingerprint density at radius 1 is 1.26 bits per heavy atom. The Balaban J connectivity index is 1.95. The highest BCUT2D eigenvalue weighted by Crippen LogP contribution is 2.25. The smallest absolute Gasteiger partial charge is 0.257 e. The average molecular weight is 320 g/mol. The van der Waals surface area contributed by atoms with Gasteiger partial charge in [-0.05, 0) is 37.0 Å². The molecule has 1 amide bonds. The van der Waals surface area contributed by atoms with Gasteiger partial charge in [0.1, 0.15) is 5.75 Å². The van der Waals surface area contributed by atoms with E-state index >= 15 is 0 Å². The van der Waals surface area contributed by atoms with Gasteiger partial charge in [-0.3, -0.25) is 9.69 Å². The molecule has 0 spiro atoms. The standard InChI is InChI=1S/C18H28N2O3/c1-4-5-19-17(21)13-23-18-14(2)10-16(11-15(18)3)12-20-6-8-22-9-7-20/h10-11H,4-9,12-13H2,1-3H3,(H,19,21). The molecule has 1 aliphatic heterocycles. The number of morpholine rings is 1. The lowest BCUT2D eigenvalue weighted by Crippen LogP contribution is -2.35. The van der Waals surface area contributed by atoms with Crippen molar-refractivity contribution in [2.24, 2.45) is 0 Å². The third-order valence-electron chi connectivity index (χ3n) is 3.95. The molecule has 1 aliphatic rings. The van der Waals surface area contributed by atoms with Crippen molar-refractivity contribution in [3.63, 3.8) is 0 Å². The first-order valence-electron chi connectivity index (χ1n) is 8.40. The average Bonchev–Trinajstić information content (AvgIpc) is 2.53. The van der Waals surface area contributed by atoms with Crippen molar-refractivity contribution in [1.82, 2.24) is 10.2 Å². The lowest BCUT2D eigenvalue weighted by Gasteiger charge is -2.27. The fourth-order valence-electron chi connectivity index (χ4n) is 2.83. The summed E-state index contributed by atoms with van der Waals surface area (Å²) in [4.78, 5) is 14.1. The summed E-state index contributed by atoms with van der Waals surface area (Å²) in [6.45, 7) is 11.4. The molecular formula is C18H28N2O3. The third-order valence-corrected chi connectivity index (χ3v) is 3.95. The molecule has 1 aromatic carbocycles. The molecule has 0 saturated carbocycles. The predicted octanol–water partition coefficient (Wildman–Crippen LogP) is 2.04. The summed E-state index contributed by atoms with van der Waals surface area (Å²) in [7, 11) is 0. The van der Waals surface area contributed by atoms with Crippen molar-refractivity contribution in [2.45, 2.75) is 33.7 Å². The number of nitrogens with zero attached hydrogens (tertiary/aromatic N) is 1. The quantitative estimate of drug-likeness (QED) is 0.835. The van der Waals surface area contributed by atoms with E-state index in [1.807, 2.05) is 20.8 Å². The second kappa shape index (κ2) is 8.89. The highest BCUT2D eigenvalue weighted by atomic mass is 16.5. The van der Waals surface area contributed by atoms with Gasteiger partial charge in [-0.1, -0.05) is 19.1 Å². The maximum absolute atomic E-state index is 11.7. The van der Waals surface area contributed by atoms with Gasteiger partial charge in [0.25, 0.3) is 5.91 Å². The van der Waals surface area contributed by atoms with Gasteiger partial charge >= 0.3 is 0 Å². The normalized spacial score (nSPS) is 15.4. The fourth-order valence-corrected chi connectivity index (χ4v) is 2.83. The molecule has 5 heteroatoms. The largest absolute Gasteiger partial charge is 0.483 e. The second-order valence-electron chi connectivity index (χ2n) is 6.09. The molecule has 1 fully saturated rings. The van der Waals surface area contributed by atoms with Crippen molar-refractivity contribution in [3.05, 3.63) is 28.8 Å². The first-order chi connectivity index (χ1) is 11.1. The van der Waals surface area contributed by atoms with Crippen LogP contribution < -0.4 is 10.1 Å². The van der Waals surface area contributed by atoms with Gasteiger partial charge in [0.05, 0.1) is 13.2 Å². The summed E-state index contributed by atoms with van der Waals surface area (Å²) in [5, 5.41) is 2.82. The van der Waals surface area contributed by atoms with Crippen LogP contribution >= 0.6 is 0 Å². The zero-order chi connectivity index (χ0) is 16.7. The Morgan fingerprint density at radius 2 is 1.91 bits per heavy atom. The number of hydrogen-bond donors (Lipinski definition) is 1. The first kappa shape index (κ1) is 17.8. The highest BCUT2D eigenvalue weighted by molar-refractivity contribution is 5.77. The lowest BCUT2D eigenvalue weighted by atomic mass is 10.1. The number of carbonyl (C=O) groups is 1. The van der Waals surface area contributed by atoms with E-state index < -0.39 is 0 Å². The van der Waals surface area contributed by atoms with E-state index in [-0.39, 0.29) is 12.5 Å². The molecule has 0 radical (unpaired) electrons.